The number of furan rings is 1. The van der Waals surface area contributed by atoms with Crippen LogP contribution < -0.4 is 10.2 Å². The Bertz CT molecular complexity index is 1320. The van der Waals surface area contributed by atoms with E-state index in [1.807, 2.05) is 6.92 Å². The normalized spacial score (nSPS) is 15.1. The number of hydrogen-bond donors (Lipinski definition) is 1. The van der Waals surface area contributed by atoms with Crippen molar-refractivity contribution in [3.05, 3.63) is 82.1 Å². The number of nitrogens with zero attached hydrogens (tertiary/aromatic N) is 1. The SMILES string of the molecule is COC(=O)c1ccc(-c2ccc(/C=C3\C(=O)NC(=O)N(c4ccc(C)cc4)C3=O)o2)cc1Cl. The van der Waals surface area contributed by atoms with Crippen LogP contribution in [0.4, 0.5) is 10.5 Å². The zero-order valence-corrected chi connectivity index (χ0v) is 18.3. The molecule has 1 N–H and O–H groups in total. The van der Waals surface area contributed by atoms with Gasteiger partial charge < -0.3 is 9.15 Å². The molecule has 2 aromatic carbocycles. The Morgan fingerprint density at radius 3 is 2.45 bits per heavy atom. The van der Waals surface area contributed by atoms with E-state index in [0.29, 0.717) is 17.0 Å². The quantitative estimate of drug-likeness (QED) is 0.349. The minimum atomic E-state index is -0.827. The van der Waals surface area contributed by atoms with E-state index in [2.05, 4.69) is 10.1 Å². The van der Waals surface area contributed by atoms with Gasteiger partial charge in [-0.2, -0.15) is 0 Å². The van der Waals surface area contributed by atoms with Gasteiger partial charge >= 0.3 is 12.0 Å². The highest BCUT2D eigenvalue weighted by Gasteiger charge is 2.37. The predicted octanol–water partition coefficient (Wildman–Crippen LogP) is 4.36. The molecule has 0 spiro atoms. The molecule has 0 atom stereocenters. The number of ether oxygens (including phenoxy) is 1. The highest BCUT2D eigenvalue weighted by Crippen LogP contribution is 2.29. The molecule has 166 valence electrons. The molecule has 4 rings (SSSR count). The van der Waals surface area contributed by atoms with Crippen molar-refractivity contribution in [2.45, 2.75) is 6.92 Å². The fourth-order valence-corrected chi connectivity index (χ4v) is 3.52. The van der Waals surface area contributed by atoms with Crippen LogP contribution in [0.15, 0.2) is 64.6 Å². The molecule has 9 heteroatoms. The van der Waals surface area contributed by atoms with E-state index in [9.17, 15) is 19.2 Å². The number of methoxy groups -OCH3 is 1. The lowest BCUT2D eigenvalue weighted by atomic mass is 10.1. The van der Waals surface area contributed by atoms with Gasteiger partial charge in [-0.05, 0) is 49.4 Å². The summed E-state index contributed by atoms with van der Waals surface area (Å²) in [7, 11) is 1.26. The number of carbonyl (C=O) groups excluding carboxylic acids is 4. The van der Waals surface area contributed by atoms with Crippen LogP contribution in [-0.4, -0.2) is 30.9 Å². The molecule has 3 aromatic rings. The van der Waals surface area contributed by atoms with Crippen LogP contribution in [0.3, 0.4) is 0 Å². The van der Waals surface area contributed by atoms with E-state index < -0.39 is 23.8 Å². The smallest absolute Gasteiger partial charge is 0.339 e. The van der Waals surface area contributed by atoms with Crippen molar-refractivity contribution in [3.8, 4) is 11.3 Å². The Kier molecular flexibility index (Phi) is 5.85. The van der Waals surface area contributed by atoms with E-state index in [-0.39, 0.29) is 21.9 Å². The van der Waals surface area contributed by atoms with Crippen LogP contribution in [0.25, 0.3) is 17.4 Å². The second kappa shape index (κ2) is 8.76. The van der Waals surface area contributed by atoms with Gasteiger partial charge in [-0.25, -0.2) is 14.5 Å². The first-order valence-corrected chi connectivity index (χ1v) is 10.1. The van der Waals surface area contributed by atoms with E-state index >= 15 is 0 Å². The van der Waals surface area contributed by atoms with Gasteiger partial charge in [0.05, 0.1) is 23.4 Å². The van der Waals surface area contributed by atoms with E-state index in [0.717, 1.165) is 10.5 Å². The molecular weight excluding hydrogens is 448 g/mol. The van der Waals surface area contributed by atoms with Crippen LogP contribution in [0.1, 0.15) is 21.7 Å². The van der Waals surface area contributed by atoms with Gasteiger partial charge in [-0.3, -0.25) is 14.9 Å². The van der Waals surface area contributed by atoms with Crippen LogP contribution in [0.5, 0.6) is 0 Å². The molecule has 1 aliphatic heterocycles. The number of imide groups is 2. The summed E-state index contributed by atoms with van der Waals surface area (Å²) >= 11 is 6.16. The Balaban J connectivity index is 1.64. The third kappa shape index (κ3) is 4.28. The van der Waals surface area contributed by atoms with Crippen LogP contribution in [0.2, 0.25) is 5.02 Å². The minimum absolute atomic E-state index is 0.185. The lowest BCUT2D eigenvalue weighted by Gasteiger charge is -2.26. The third-order valence-electron chi connectivity index (χ3n) is 4.97. The maximum absolute atomic E-state index is 13.0. The fraction of sp³-hybridized carbons (Fsp3) is 0.0833. The molecule has 0 radical (unpaired) electrons. The Morgan fingerprint density at radius 1 is 1.06 bits per heavy atom. The average molecular weight is 465 g/mol. The van der Waals surface area contributed by atoms with E-state index in [4.69, 9.17) is 16.0 Å². The summed E-state index contributed by atoms with van der Waals surface area (Å²) in [6.45, 7) is 1.88. The highest BCUT2D eigenvalue weighted by atomic mass is 35.5. The maximum Gasteiger partial charge on any atom is 0.339 e. The van der Waals surface area contributed by atoms with Crippen molar-refractivity contribution >= 4 is 47.2 Å². The van der Waals surface area contributed by atoms with Crippen molar-refractivity contribution in [1.82, 2.24) is 5.32 Å². The number of benzene rings is 2. The summed E-state index contributed by atoms with van der Waals surface area (Å²) in [5.74, 6) is -1.54. The van der Waals surface area contributed by atoms with E-state index in [1.165, 1.54) is 19.3 Å². The van der Waals surface area contributed by atoms with E-state index in [1.54, 1.807) is 48.5 Å². The molecular formula is C24H17ClN2O6. The summed E-state index contributed by atoms with van der Waals surface area (Å²) in [4.78, 5) is 50.2. The summed E-state index contributed by atoms with van der Waals surface area (Å²) < 4.78 is 10.4. The Morgan fingerprint density at radius 2 is 1.79 bits per heavy atom. The zero-order valence-electron chi connectivity index (χ0n) is 17.5. The average Bonchev–Trinajstić information content (AvgIpc) is 3.26. The number of halogens is 1. The number of amides is 4. The minimum Gasteiger partial charge on any atom is -0.465 e. The first-order valence-electron chi connectivity index (χ1n) is 9.74. The van der Waals surface area contributed by atoms with Gasteiger partial charge in [-0.15, -0.1) is 0 Å². The lowest BCUT2D eigenvalue weighted by molar-refractivity contribution is -0.122. The van der Waals surface area contributed by atoms with Gasteiger partial charge in [0.2, 0.25) is 0 Å². The van der Waals surface area contributed by atoms with Crippen molar-refractivity contribution < 1.29 is 28.3 Å². The number of hydrogen-bond acceptors (Lipinski definition) is 6. The Hall–Kier alpha value is -4.17. The molecule has 1 aliphatic rings. The van der Waals surface area contributed by atoms with Crippen LogP contribution in [-0.2, 0) is 14.3 Å². The van der Waals surface area contributed by atoms with Crippen molar-refractivity contribution in [1.29, 1.82) is 0 Å². The topological polar surface area (TPSA) is 106 Å². The number of aryl methyl sites for hydroxylation is 1. The molecule has 2 heterocycles. The van der Waals surface area contributed by atoms with Gasteiger partial charge in [-0.1, -0.05) is 35.4 Å². The number of anilines is 1. The Labute approximate surface area is 193 Å². The second-order valence-corrected chi connectivity index (χ2v) is 7.59. The molecule has 0 unspecified atom stereocenters. The number of carbonyl (C=O) groups is 4. The number of barbiturate groups is 1. The first-order chi connectivity index (χ1) is 15.8. The molecule has 33 heavy (non-hydrogen) atoms. The molecule has 1 saturated heterocycles. The monoisotopic (exact) mass is 464 g/mol. The maximum atomic E-state index is 13.0. The van der Waals surface area contributed by atoms with Crippen molar-refractivity contribution in [2.24, 2.45) is 0 Å². The van der Waals surface area contributed by atoms with Crippen molar-refractivity contribution in [2.75, 3.05) is 12.0 Å². The summed E-state index contributed by atoms with van der Waals surface area (Å²) in [6.07, 6.45) is 1.26. The molecule has 0 aliphatic carbocycles. The van der Waals surface area contributed by atoms with Gasteiger partial charge in [0.25, 0.3) is 11.8 Å². The van der Waals surface area contributed by atoms with Gasteiger partial charge in [0.1, 0.15) is 17.1 Å². The van der Waals surface area contributed by atoms with Gasteiger partial charge in [0.15, 0.2) is 0 Å². The number of esters is 1. The fourth-order valence-electron chi connectivity index (χ4n) is 3.26. The largest absolute Gasteiger partial charge is 0.465 e. The standard InChI is InChI=1S/C24H17ClN2O6/c1-13-3-6-15(7-4-13)27-22(29)18(21(28)26-24(27)31)12-16-8-10-20(33-16)14-5-9-17(19(25)11-14)23(30)32-2/h3-12H,1-2H3,(H,26,28,31)/b18-12+. The number of urea groups is 1. The lowest BCUT2D eigenvalue weighted by Crippen LogP contribution is -2.54. The molecule has 0 saturated carbocycles. The van der Waals surface area contributed by atoms with Crippen LogP contribution in [0, 0.1) is 6.92 Å². The predicted molar refractivity (Wildman–Crippen MR) is 121 cm³/mol. The van der Waals surface area contributed by atoms with Crippen LogP contribution >= 0.6 is 11.6 Å². The molecule has 1 aromatic heterocycles. The summed E-state index contributed by atoms with van der Waals surface area (Å²) in [5.41, 5.74) is 1.82. The summed E-state index contributed by atoms with van der Waals surface area (Å²) in [6, 6.07) is 13.8. The molecule has 1 fully saturated rings. The first kappa shape index (κ1) is 22.0. The zero-order chi connectivity index (χ0) is 23.7. The number of nitrogens with one attached hydrogen (secondary N) is 1. The third-order valence-corrected chi connectivity index (χ3v) is 5.28. The molecule has 0 bridgehead atoms. The number of rotatable bonds is 4. The molecule has 4 amide bonds. The second-order valence-electron chi connectivity index (χ2n) is 7.18. The molecule has 8 nitrogen and oxygen atoms in total. The van der Waals surface area contributed by atoms with Crippen molar-refractivity contribution in [3.63, 3.8) is 0 Å². The summed E-state index contributed by atoms with van der Waals surface area (Å²) in [5, 5.41) is 2.35. The van der Waals surface area contributed by atoms with Gasteiger partial charge in [0, 0.05) is 5.56 Å². The highest BCUT2D eigenvalue weighted by molar-refractivity contribution is 6.39.